The second-order valence-electron chi connectivity index (χ2n) is 4.79. The average Bonchev–Trinajstić information content (AvgIpc) is 2.65. The third-order valence-electron chi connectivity index (χ3n) is 3.02. The first-order valence-corrected chi connectivity index (χ1v) is 6.01. The lowest BCUT2D eigenvalue weighted by atomic mass is 10.00. The molecule has 0 radical (unpaired) electrons. The minimum atomic E-state index is 0.808. The Balaban J connectivity index is 2.00. The smallest absolute Gasteiger partial charge is 0.125 e. The molecule has 0 saturated heterocycles. The van der Waals surface area contributed by atoms with E-state index in [1.807, 2.05) is 0 Å². The molecule has 0 aliphatic carbocycles. The Kier molecular flexibility index (Phi) is 3.30. The van der Waals surface area contributed by atoms with Gasteiger partial charge in [0.05, 0.1) is 6.61 Å². The molecule has 82 valence electrons. The Morgan fingerprint density at radius 1 is 1.33 bits per heavy atom. The highest BCUT2D eigenvalue weighted by molar-refractivity contribution is 5.43. The van der Waals surface area contributed by atoms with Crippen LogP contribution in [-0.2, 0) is 12.8 Å². The monoisotopic (exact) mass is 204 g/mol. The predicted molar refractivity (Wildman–Crippen MR) is 63.4 cm³/mol. The normalized spacial score (nSPS) is 14.1. The van der Waals surface area contributed by atoms with E-state index in [0.717, 1.165) is 18.9 Å². The van der Waals surface area contributed by atoms with Crippen molar-refractivity contribution in [3.8, 4) is 5.75 Å². The SMILES string of the molecule is CC(C)CCCc1cccc2c1OCC2. The largest absolute Gasteiger partial charge is 0.493 e. The standard InChI is InChI=1S/C14H20O/c1-11(2)5-3-6-12-7-4-8-13-9-10-15-14(12)13/h4,7-8,11H,3,5-6,9-10H2,1-2H3. The molecule has 15 heavy (non-hydrogen) atoms. The van der Waals surface area contributed by atoms with E-state index in [2.05, 4.69) is 32.0 Å². The fourth-order valence-corrected chi connectivity index (χ4v) is 2.18. The van der Waals surface area contributed by atoms with Crippen LogP contribution in [0.1, 0.15) is 37.8 Å². The van der Waals surface area contributed by atoms with Crippen molar-refractivity contribution in [1.29, 1.82) is 0 Å². The van der Waals surface area contributed by atoms with Gasteiger partial charge in [0.1, 0.15) is 5.75 Å². The molecule has 0 bridgehead atoms. The Labute approximate surface area is 92.5 Å². The molecule has 0 atom stereocenters. The van der Waals surface area contributed by atoms with Gasteiger partial charge in [-0.3, -0.25) is 0 Å². The molecule has 0 fully saturated rings. The summed E-state index contributed by atoms with van der Waals surface area (Å²) in [5.41, 5.74) is 2.81. The molecule has 0 unspecified atom stereocenters. The van der Waals surface area contributed by atoms with Gasteiger partial charge in [-0.2, -0.15) is 0 Å². The van der Waals surface area contributed by atoms with Crippen LogP contribution in [0.2, 0.25) is 0 Å². The Morgan fingerprint density at radius 3 is 3.00 bits per heavy atom. The topological polar surface area (TPSA) is 9.23 Å². The fourth-order valence-electron chi connectivity index (χ4n) is 2.18. The van der Waals surface area contributed by atoms with Crippen molar-refractivity contribution in [3.63, 3.8) is 0 Å². The van der Waals surface area contributed by atoms with E-state index in [4.69, 9.17) is 4.74 Å². The quantitative estimate of drug-likeness (QED) is 0.728. The van der Waals surface area contributed by atoms with Crippen LogP contribution in [0.15, 0.2) is 18.2 Å². The van der Waals surface area contributed by atoms with Crippen LogP contribution in [0.5, 0.6) is 5.75 Å². The molecule has 0 spiro atoms. The highest BCUT2D eigenvalue weighted by atomic mass is 16.5. The summed E-state index contributed by atoms with van der Waals surface area (Å²) in [7, 11) is 0. The minimum absolute atomic E-state index is 0.808. The first-order chi connectivity index (χ1) is 7.27. The second kappa shape index (κ2) is 4.69. The maximum Gasteiger partial charge on any atom is 0.125 e. The van der Waals surface area contributed by atoms with Crippen molar-refractivity contribution in [2.45, 2.75) is 39.5 Å². The van der Waals surface area contributed by atoms with Gasteiger partial charge in [-0.1, -0.05) is 38.5 Å². The van der Waals surface area contributed by atoms with E-state index in [0.29, 0.717) is 0 Å². The van der Waals surface area contributed by atoms with E-state index in [1.165, 1.54) is 36.1 Å². The van der Waals surface area contributed by atoms with Crippen LogP contribution in [0.4, 0.5) is 0 Å². The maximum atomic E-state index is 5.69. The summed E-state index contributed by atoms with van der Waals surface area (Å²) in [5.74, 6) is 1.99. The van der Waals surface area contributed by atoms with Crippen molar-refractivity contribution in [2.75, 3.05) is 6.61 Å². The van der Waals surface area contributed by atoms with Crippen molar-refractivity contribution < 1.29 is 4.74 Å². The average molecular weight is 204 g/mol. The molecule has 2 rings (SSSR count). The van der Waals surface area contributed by atoms with Crippen molar-refractivity contribution in [2.24, 2.45) is 5.92 Å². The zero-order valence-electron chi connectivity index (χ0n) is 9.75. The summed E-state index contributed by atoms with van der Waals surface area (Å²) in [6.07, 6.45) is 4.84. The molecule has 0 amide bonds. The number of hydrogen-bond donors (Lipinski definition) is 0. The van der Waals surface area contributed by atoms with Crippen LogP contribution in [-0.4, -0.2) is 6.61 Å². The van der Waals surface area contributed by atoms with Gasteiger partial charge >= 0.3 is 0 Å². The summed E-state index contributed by atoms with van der Waals surface area (Å²) in [6, 6.07) is 6.57. The molecule has 1 aliphatic heterocycles. The Morgan fingerprint density at radius 2 is 2.20 bits per heavy atom. The van der Waals surface area contributed by atoms with E-state index < -0.39 is 0 Å². The molecular weight excluding hydrogens is 184 g/mol. The van der Waals surface area contributed by atoms with Gasteiger partial charge in [-0.15, -0.1) is 0 Å². The second-order valence-corrected chi connectivity index (χ2v) is 4.79. The van der Waals surface area contributed by atoms with Gasteiger partial charge in [0.2, 0.25) is 0 Å². The lowest BCUT2D eigenvalue weighted by Gasteiger charge is -2.08. The molecule has 1 aromatic carbocycles. The van der Waals surface area contributed by atoms with Crippen LogP contribution in [0.25, 0.3) is 0 Å². The number of ether oxygens (including phenoxy) is 1. The van der Waals surface area contributed by atoms with Crippen molar-refractivity contribution in [3.05, 3.63) is 29.3 Å². The lowest BCUT2D eigenvalue weighted by Crippen LogP contribution is -1.94. The van der Waals surface area contributed by atoms with Gasteiger partial charge in [0, 0.05) is 6.42 Å². The molecule has 1 aromatic rings. The first-order valence-electron chi connectivity index (χ1n) is 6.01. The Hall–Kier alpha value is -0.980. The van der Waals surface area contributed by atoms with Crippen LogP contribution in [0, 0.1) is 5.92 Å². The zero-order valence-corrected chi connectivity index (χ0v) is 9.75. The van der Waals surface area contributed by atoms with Crippen LogP contribution >= 0.6 is 0 Å². The fraction of sp³-hybridized carbons (Fsp3) is 0.571. The third kappa shape index (κ3) is 2.53. The van der Waals surface area contributed by atoms with Crippen LogP contribution in [0.3, 0.4) is 0 Å². The Bertz CT molecular complexity index is 328. The number of hydrogen-bond acceptors (Lipinski definition) is 1. The van der Waals surface area contributed by atoms with Gasteiger partial charge < -0.3 is 4.74 Å². The van der Waals surface area contributed by atoms with Gasteiger partial charge in [0.15, 0.2) is 0 Å². The summed E-state index contributed by atoms with van der Waals surface area (Å²) >= 11 is 0. The number of aryl methyl sites for hydroxylation is 1. The molecule has 1 nitrogen and oxygen atoms in total. The molecule has 0 N–H and O–H groups in total. The first kappa shape index (κ1) is 10.5. The summed E-state index contributed by atoms with van der Waals surface area (Å²) in [6.45, 7) is 5.44. The predicted octanol–water partition coefficient (Wildman–Crippen LogP) is 3.60. The number of benzene rings is 1. The van der Waals surface area contributed by atoms with Gasteiger partial charge in [-0.05, 0) is 29.9 Å². The number of rotatable bonds is 4. The van der Waals surface area contributed by atoms with Gasteiger partial charge in [0.25, 0.3) is 0 Å². The maximum absolute atomic E-state index is 5.69. The van der Waals surface area contributed by atoms with Crippen molar-refractivity contribution in [1.82, 2.24) is 0 Å². The highest BCUT2D eigenvalue weighted by Crippen LogP contribution is 2.30. The van der Waals surface area contributed by atoms with Crippen molar-refractivity contribution >= 4 is 0 Å². The molecule has 0 saturated carbocycles. The molecule has 0 aromatic heterocycles. The molecule has 1 aliphatic rings. The summed E-state index contributed by atoms with van der Waals surface area (Å²) in [4.78, 5) is 0. The summed E-state index contributed by atoms with van der Waals surface area (Å²) < 4.78 is 5.69. The number of para-hydroxylation sites is 1. The lowest BCUT2D eigenvalue weighted by molar-refractivity contribution is 0.352. The van der Waals surface area contributed by atoms with E-state index >= 15 is 0 Å². The number of fused-ring (bicyclic) bond motifs is 1. The third-order valence-corrected chi connectivity index (χ3v) is 3.02. The zero-order chi connectivity index (χ0) is 10.7. The van der Waals surface area contributed by atoms with E-state index in [-0.39, 0.29) is 0 Å². The minimum Gasteiger partial charge on any atom is -0.493 e. The molecule has 1 heteroatoms. The molecule has 1 heterocycles. The van der Waals surface area contributed by atoms with E-state index in [9.17, 15) is 0 Å². The van der Waals surface area contributed by atoms with Gasteiger partial charge in [-0.25, -0.2) is 0 Å². The molecular formula is C14H20O. The summed E-state index contributed by atoms with van der Waals surface area (Å²) in [5, 5.41) is 0. The van der Waals surface area contributed by atoms with E-state index in [1.54, 1.807) is 0 Å². The van der Waals surface area contributed by atoms with Crippen LogP contribution < -0.4 is 4.74 Å². The highest BCUT2D eigenvalue weighted by Gasteiger charge is 2.15.